The largest absolute Gasteiger partial charge is 0.472 e. The van der Waals surface area contributed by atoms with Crippen molar-refractivity contribution in [2.24, 2.45) is 0 Å². The summed E-state index contributed by atoms with van der Waals surface area (Å²) in [6.45, 7) is 5.27. The molecule has 9 heteroatoms. The van der Waals surface area contributed by atoms with E-state index in [1.54, 1.807) is 0 Å². The Hall–Kier alpha value is -1.28. The van der Waals surface area contributed by atoms with Gasteiger partial charge in [0, 0.05) is 13.0 Å². The fourth-order valence-corrected chi connectivity index (χ4v) is 4.48. The lowest BCUT2D eigenvalue weighted by Crippen LogP contribution is -2.37. The predicted octanol–water partition coefficient (Wildman–Crippen LogP) is 7.92. The highest BCUT2D eigenvalue weighted by Gasteiger charge is 2.26. The van der Waals surface area contributed by atoms with Crippen LogP contribution in [-0.2, 0) is 27.9 Å². The molecular formula is C32H61NO7P+. The zero-order valence-electron chi connectivity index (χ0n) is 26.8. The van der Waals surface area contributed by atoms with Gasteiger partial charge in [0.2, 0.25) is 0 Å². The average Bonchev–Trinajstić information content (AvgIpc) is 2.90. The molecule has 0 rings (SSSR count). The van der Waals surface area contributed by atoms with Crippen LogP contribution in [0.25, 0.3) is 0 Å². The van der Waals surface area contributed by atoms with Crippen LogP contribution in [0.1, 0.15) is 104 Å². The Kier molecular flexibility index (Phi) is 25.5. The number of phosphoric ester groups is 1. The third kappa shape index (κ3) is 30.0. The molecule has 0 saturated heterocycles. The molecular weight excluding hydrogens is 541 g/mol. The molecule has 2 atom stereocenters. The number of likely N-dealkylation sites (N-methyl/N-ethyl adjacent to an activating group) is 1. The normalized spacial score (nSPS) is 14.8. The van der Waals surface area contributed by atoms with Crippen LogP contribution in [-0.4, -0.2) is 75.6 Å². The Morgan fingerprint density at radius 3 is 2.07 bits per heavy atom. The van der Waals surface area contributed by atoms with E-state index >= 15 is 0 Å². The van der Waals surface area contributed by atoms with Crippen LogP contribution in [0, 0.1) is 0 Å². The van der Waals surface area contributed by atoms with Crippen LogP contribution < -0.4 is 0 Å². The molecule has 41 heavy (non-hydrogen) atoms. The summed E-state index contributed by atoms with van der Waals surface area (Å²) in [7, 11) is 1.65. The highest BCUT2D eigenvalue weighted by atomic mass is 31.2. The lowest BCUT2D eigenvalue weighted by molar-refractivity contribution is -0.870. The molecule has 0 aliphatic heterocycles. The third-order valence-electron chi connectivity index (χ3n) is 6.22. The molecule has 0 radical (unpaired) electrons. The second kappa shape index (κ2) is 26.4. The maximum Gasteiger partial charge on any atom is 0.472 e. The molecule has 0 spiro atoms. The number of unbranched alkanes of at least 4 members (excludes halogenated alkanes) is 8. The molecule has 0 aromatic heterocycles. The highest BCUT2D eigenvalue weighted by molar-refractivity contribution is 7.47. The first-order valence-electron chi connectivity index (χ1n) is 15.7. The van der Waals surface area contributed by atoms with Gasteiger partial charge in [0.15, 0.2) is 0 Å². The van der Waals surface area contributed by atoms with E-state index in [9.17, 15) is 14.3 Å². The molecule has 0 saturated carbocycles. The van der Waals surface area contributed by atoms with Crippen molar-refractivity contribution in [2.45, 2.75) is 110 Å². The zero-order valence-corrected chi connectivity index (χ0v) is 27.7. The van der Waals surface area contributed by atoms with Crippen molar-refractivity contribution in [1.29, 1.82) is 0 Å². The molecule has 0 fully saturated rings. The van der Waals surface area contributed by atoms with Gasteiger partial charge in [-0.25, -0.2) is 4.57 Å². The van der Waals surface area contributed by atoms with Gasteiger partial charge in [-0.15, -0.1) is 0 Å². The number of ether oxygens (including phenoxy) is 2. The number of hydrogen-bond donors (Lipinski definition) is 1. The molecule has 1 N–H and O–H groups in total. The van der Waals surface area contributed by atoms with Crippen molar-refractivity contribution in [3.05, 3.63) is 36.5 Å². The van der Waals surface area contributed by atoms with Crippen LogP contribution in [0.2, 0.25) is 0 Å². The minimum Gasteiger partial charge on any atom is -0.457 e. The maximum absolute atomic E-state index is 12.3. The molecule has 0 aromatic rings. The van der Waals surface area contributed by atoms with E-state index < -0.39 is 13.9 Å². The van der Waals surface area contributed by atoms with Crippen molar-refractivity contribution >= 4 is 13.8 Å². The first-order valence-corrected chi connectivity index (χ1v) is 17.2. The Morgan fingerprint density at radius 1 is 0.780 bits per heavy atom. The third-order valence-corrected chi connectivity index (χ3v) is 7.20. The zero-order chi connectivity index (χ0) is 30.7. The average molecular weight is 603 g/mol. The number of phosphoric acid groups is 1. The van der Waals surface area contributed by atoms with Crippen molar-refractivity contribution in [1.82, 2.24) is 0 Å². The molecule has 0 aromatic carbocycles. The number of quaternary nitrogens is 1. The topological polar surface area (TPSA) is 91.3 Å². The van der Waals surface area contributed by atoms with Gasteiger partial charge in [-0.05, 0) is 44.9 Å². The molecule has 8 nitrogen and oxygen atoms in total. The van der Waals surface area contributed by atoms with Gasteiger partial charge in [-0.1, -0.05) is 88.8 Å². The summed E-state index contributed by atoms with van der Waals surface area (Å²) < 4.78 is 34.3. The van der Waals surface area contributed by atoms with Gasteiger partial charge >= 0.3 is 13.8 Å². The monoisotopic (exact) mass is 602 g/mol. The summed E-state index contributed by atoms with van der Waals surface area (Å²) in [5, 5.41) is 0. The SMILES string of the molecule is CC/C=C\C/C=C\C/C=C\CCCCCCCCOCC(COP(=O)(O)OCC[N+](C)(C)C)OC(=O)CCCCC. The van der Waals surface area contributed by atoms with Crippen molar-refractivity contribution < 1.29 is 37.3 Å². The number of hydrogen-bond acceptors (Lipinski definition) is 6. The van der Waals surface area contributed by atoms with Crippen LogP contribution >= 0.6 is 7.82 Å². The number of nitrogens with zero attached hydrogens (tertiary/aromatic N) is 1. The first-order chi connectivity index (χ1) is 19.6. The van der Waals surface area contributed by atoms with Gasteiger partial charge in [-0.2, -0.15) is 0 Å². The molecule has 240 valence electrons. The fraction of sp³-hybridized carbons (Fsp3) is 0.781. The van der Waals surface area contributed by atoms with Crippen molar-refractivity contribution in [3.8, 4) is 0 Å². The lowest BCUT2D eigenvalue weighted by Gasteiger charge is -2.24. The van der Waals surface area contributed by atoms with Crippen LogP contribution in [0.4, 0.5) is 0 Å². The summed E-state index contributed by atoms with van der Waals surface area (Å²) in [4.78, 5) is 22.2. The molecule has 0 aliphatic rings. The van der Waals surface area contributed by atoms with Gasteiger partial charge in [-0.3, -0.25) is 13.8 Å². The second-order valence-electron chi connectivity index (χ2n) is 11.5. The smallest absolute Gasteiger partial charge is 0.457 e. The number of allylic oxidation sites excluding steroid dienone is 6. The Labute approximate surface area is 251 Å². The van der Waals surface area contributed by atoms with Crippen LogP contribution in [0.15, 0.2) is 36.5 Å². The summed E-state index contributed by atoms with van der Waals surface area (Å²) in [6, 6.07) is 0. The molecule has 0 aliphatic carbocycles. The second-order valence-corrected chi connectivity index (χ2v) is 12.9. The minimum atomic E-state index is -4.25. The van der Waals surface area contributed by atoms with E-state index in [1.165, 1.54) is 25.7 Å². The summed E-state index contributed by atoms with van der Waals surface area (Å²) in [5.41, 5.74) is 0. The van der Waals surface area contributed by atoms with E-state index in [-0.39, 0.29) is 25.8 Å². The number of carbonyl (C=O) groups excluding carboxylic acids is 1. The summed E-state index contributed by atoms with van der Waals surface area (Å²) in [6.07, 6.45) is 26.7. The maximum atomic E-state index is 12.3. The number of esters is 1. The van der Waals surface area contributed by atoms with Crippen molar-refractivity contribution in [3.63, 3.8) is 0 Å². The predicted molar refractivity (Wildman–Crippen MR) is 169 cm³/mol. The summed E-state index contributed by atoms with van der Waals surface area (Å²) in [5.74, 6) is -0.347. The van der Waals surface area contributed by atoms with Crippen LogP contribution in [0.5, 0.6) is 0 Å². The highest BCUT2D eigenvalue weighted by Crippen LogP contribution is 2.43. The molecule has 0 bridgehead atoms. The summed E-state index contributed by atoms with van der Waals surface area (Å²) >= 11 is 0. The lowest BCUT2D eigenvalue weighted by atomic mass is 10.1. The van der Waals surface area contributed by atoms with E-state index in [0.717, 1.165) is 57.8 Å². The van der Waals surface area contributed by atoms with Gasteiger partial charge < -0.3 is 18.9 Å². The van der Waals surface area contributed by atoms with E-state index in [2.05, 4.69) is 50.3 Å². The standard InChI is InChI=1S/C32H60NO7P/c1-6-8-10-11-12-13-14-15-16-17-18-19-20-21-22-24-27-37-29-31(40-32(34)25-23-9-7-2)30-39-41(35,36)38-28-26-33(3,4)5/h8,10,12-13,15-16,31H,6-7,9,11,14,17-30H2,1-5H3/p+1/b10-8-,13-12-,16-15-. The van der Waals surface area contributed by atoms with Crippen molar-refractivity contribution in [2.75, 3.05) is 54.1 Å². The van der Waals surface area contributed by atoms with Crippen LogP contribution in [0.3, 0.4) is 0 Å². The van der Waals surface area contributed by atoms with E-state index in [1.807, 2.05) is 21.1 Å². The number of rotatable bonds is 28. The Balaban J connectivity index is 4.14. The molecule has 0 amide bonds. The van der Waals surface area contributed by atoms with E-state index in [0.29, 0.717) is 24.1 Å². The molecule has 2 unspecified atom stereocenters. The number of carbonyl (C=O) groups is 1. The quantitative estimate of drug-likeness (QED) is 0.0320. The first kappa shape index (κ1) is 39.7. The van der Waals surface area contributed by atoms with Gasteiger partial charge in [0.25, 0.3) is 0 Å². The Bertz CT molecular complexity index is 762. The van der Waals surface area contributed by atoms with Gasteiger partial charge in [0.1, 0.15) is 19.3 Å². The minimum absolute atomic E-state index is 0.0843. The van der Waals surface area contributed by atoms with E-state index in [4.69, 9.17) is 18.5 Å². The van der Waals surface area contributed by atoms with Gasteiger partial charge in [0.05, 0.1) is 34.4 Å². The fourth-order valence-electron chi connectivity index (χ4n) is 3.74. The molecule has 0 heterocycles. The Morgan fingerprint density at radius 2 is 1.41 bits per heavy atom.